The Hall–Kier alpha value is -1.72. The molecule has 0 saturated heterocycles. The van der Waals surface area contributed by atoms with Crippen molar-refractivity contribution in [1.29, 1.82) is 0 Å². The summed E-state index contributed by atoms with van der Waals surface area (Å²) in [5.74, 6) is 6.64. The molecule has 0 aliphatic carbocycles. The molecule has 1 unspecified atom stereocenters. The Kier molecular flexibility index (Phi) is 4.29. The van der Waals surface area contributed by atoms with E-state index in [-0.39, 0.29) is 6.04 Å². The van der Waals surface area contributed by atoms with Crippen molar-refractivity contribution in [1.82, 2.24) is 20.2 Å². The molecule has 19 heavy (non-hydrogen) atoms. The van der Waals surface area contributed by atoms with Crippen LogP contribution in [0.4, 0.5) is 0 Å². The molecule has 0 radical (unpaired) electrons. The number of hydrazine groups is 1. The molecule has 0 bridgehead atoms. The van der Waals surface area contributed by atoms with Crippen LogP contribution < -0.4 is 11.3 Å². The van der Waals surface area contributed by atoms with Crippen molar-refractivity contribution in [3.8, 4) is 0 Å². The van der Waals surface area contributed by atoms with E-state index in [1.165, 1.54) is 16.7 Å². The zero-order valence-electron chi connectivity index (χ0n) is 11.7. The molecule has 2 aromatic rings. The molecule has 102 valence electrons. The maximum Gasteiger partial charge on any atom is 0.138 e. The monoisotopic (exact) mass is 259 g/mol. The molecule has 1 atom stereocenters. The number of aryl methyl sites for hydroxylation is 3. The maximum absolute atomic E-state index is 5.69. The fourth-order valence-electron chi connectivity index (χ4n) is 2.15. The lowest BCUT2D eigenvalue weighted by Crippen LogP contribution is -2.30. The van der Waals surface area contributed by atoms with Gasteiger partial charge in [0.25, 0.3) is 0 Å². The summed E-state index contributed by atoms with van der Waals surface area (Å²) in [7, 11) is 0. The zero-order chi connectivity index (χ0) is 13.8. The molecule has 5 heteroatoms. The van der Waals surface area contributed by atoms with E-state index in [0.717, 1.165) is 18.8 Å². The molecule has 0 aliphatic rings. The van der Waals surface area contributed by atoms with E-state index in [1.54, 1.807) is 6.33 Å². The number of nitrogens with two attached hydrogens (primary N) is 1. The Bertz CT molecular complexity index is 547. The van der Waals surface area contributed by atoms with Crippen LogP contribution in [0.25, 0.3) is 0 Å². The number of hydrogen-bond donors (Lipinski definition) is 2. The third-order valence-electron chi connectivity index (χ3n) is 3.52. The molecule has 1 aromatic heterocycles. The Morgan fingerprint density at radius 2 is 2.11 bits per heavy atom. The normalized spacial score (nSPS) is 12.6. The van der Waals surface area contributed by atoms with Gasteiger partial charge in [0.15, 0.2) is 0 Å². The van der Waals surface area contributed by atoms with Gasteiger partial charge in [-0.2, -0.15) is 5.10 Å². The summed E-state index contributed by atoms with van der Waals surface area (Å²) in [5.41, 5.74) is 6.61. The van der Waals surface area contributed by atoms with Crippen molar-refractivity contribution < 1.29 is 0 Å². The lowest BCUT2D eigenvalue weighted by atomic mass is 9.99. The van der Waals surface area contributed by atoms with Crippen molar-refractivity contribution in [2.75, 3.05) is 0 Å². The van der Waals surface area contributed by atoms with Gasteiger partial charge in [-0.1, -0.05) is 18.2 Å². The Morgan fingerprint density at radius 3 is 2.74 bits per heavy atom. The minimum atomic E-state index is 0.0498. The standard InChI is InChI=1S/C14H21N5/c1-4-19-14(16-9-17-19)8-13(18-15)12-6-5-10(2)11(3)7-12/h5-7,9,13,18H,4,8,15H2,1-3H3. The van der Waals surface area contributed by atoms with E-state index in [4.69, 9.17) is 5.84 Å². The quantitative estimate of drug-likeness (QED) is 0.633. The van der Waals surface area contributed by atoms with Crippen molar-refractivity contribution in [2.45, 2.75) is 39.8 Å². The van der Waals surface area contributed by atoms with E-state index in [1.807, 2.05) is 4.68 Å². The first-order valence-corrected chi connectivity index (χ1v) is 6.55. The number of benzene rings is 1. The van der Waals surface area contributed by atoms with Crippen LogP contribution in [0, 0.1) is 13.8 Å². The van der Waals surface area contributed by atoms with E-state index in [0.29, 0.717) is 0 Å². The molecule has 2 rings (SSSR count). The van der Waals surface area contributed by atoms with Gasteiger partial charge in [-0.3, -0.25) is 16.0 Å². The van der Waals surface area contributed by atoms with Crippen LogP contribution in [0.15, 0.2) is 24.5 Å². The van der Waals surface area contributed by atoms with Gasteiger partial charge in [-0.05, 0) is 37.5 Å². The third-order valence-corrected chi connectivity index (χ3v) is 3.52. The maximum atomic E-state index is 5.69. The lowest BCUT2D eigenvalue weighted by Gasteiger charge is -2.17. The first-order chi connectivity index (χ1) is 9.15. The van der Waals surface area contributed by atoms with Gasteiger partial charge in [-0.25, -0.2) is 4.98 Å². The zero-order valence-corrected chi connectivity index (χ0v) is 11.7. The molecule has 0 amide bonds. The van der Waals surface area contributed by atoms with Gasteiger partial charge in [0.2, 0.25) is 0 Å². The van der Waals surface area contributed by atoms with E-state index in [2.05, 4.69) is 54.5 Å². The first kappa shape index (κ1) is 13.7. The average molecular weight is 259 g/mol. The fraction of sp³-hybridized carbons (Fsp3) is 0.429. The Morgan fingerprint density at radius 1 is 1.32 bits per heavy atom. The minimum absolute atomic E-state index is 0.0498. The lowest BCUT2D eigenvalue weighted by molar-refractivity contribution is 0.510. The van der Waals surface area contributed by atoms with Crippen LogP contribution in [0.2, 0.25) is 0 Å². The van der Waals surface area contributed by atoms with Gasteiger partial charge in [0.1, 0.15) is 12.2 Å². The number of hydrogen-bond acceptors (Lipinski definition) is 4. The van der Waals surface area contributed by atoms with Crippen LogP contribution in [0.3, 0.4) is 0 Å². The van der Waals surface area contributed by atoms with Crippen LogP contribution in [-0.4, -0.2) is 14.8 Å². The van der Waals surface area contributed by atoms with Crippen LogP contribution >= 0.6 is 0 Å². The summed E-state index contributed by atoms with van der Waals surface area (Å²) < 4.78 is 1.89. The molecule has 0 aliphatic heterocycles. The van der Waals surface area contributed by atoms with Crippen LogP contribution in [-0.2, 0) is 13.0 Å². The molecular weight excluding hydrogens is 238 g/mol. The predicted molar refractivity (Wildman–Crippen MR) is 75.4 cm³/mol. The SMILES string of the molecule is CCn1ncnc1CC(NN)c1ccc(C)c(C)c1. The molecule has 5 nitrogen and oxygen atoms in total. The van der Waals surface area contributed by atoms with Crippen molar-refractivity contribution in [3.63, 3.8) is 0 Å². The molecule has 3 N–H and O–H groups in total. The number of nitrogens with one attached hydrogen (secondary N) is 1. The third kappa shape index (κ3) is 3.00. The molecule has 0 saturated carbocycles. The average Bonchev–Trinajstić information content (AvgIpc) is 2.86. The van der Waals surface area contributed by atoms with Crippen molar-refractivity contribution >= 4 is 0 Å². The smallest absolute Gasteiger partial charge is 0.138 e. The summed E-state index contributed by atoms with van der Waals surface area (Å²) in [4.78, 5) is 4.30. The van der Waals surface area contributed by atoms with Crippen molar-refractivity contribution in [2.24, 2.45) is 5.84 Å². The van der Waals surface area contributed by atoms with E-state index < -0.39 is 0 Å². The summed E-state index contributed by atoms with van der Waals surface area (Å²) in [6.07, 6.45) is 2.32. The summed E-state index contributed by atoms with van der Waals surface area (Å²) in [6, 6.07) is 6.46. The molecule has 0 fully saturated rings. The summed E-state index contributed by atoms with van der Waals surface area (Å²) >= 11 is 0. The molecule has 1 aromatic carbocycles. The Labute approximate surface area is 113 Å². The number of nitrogens with zero attached hydrogens (tertiary/aromatic N) is 3. The minimum Gasteiger partial charge on any atom is -0.271 e. The van der Waals surface area contributed by atoms with Gasteiger partial charge in [-0.15, -0.1) is 0 Å². The molecule has 0 spiro atoms. The second-order valence-electron chi connectivity index (χ2n) is 4.76. The second kappa shape index (κ2) is 5.95. The van der Waals surface area contributed by atoms with Gasteiger partial charge in [0, 0.05) is 13.0 Å². The molecule has 1 heterocycles. The second-order valence-corrected chi connectivity index (χ2v) is 4.76. The van der Waals surface area contributed by atoms with E-state index in [9.17, 15) is 0 Å². The largest absolute Gasteiger partial charge is 0.271 e. The Balaban J connectivity index is 2.22. The van der Waals surface area contributed by atoms with E-state index >= 15 is 0 Å². The predicted octanol–water partition coefficient (Wildman–Crippen LogP) is 1.66. The van der Waals surface area contributed by atoms with Gasteiger partial charge < -0.3 is 0 Å². The van der Waals surface area contributed by atoms with Gasteiger partial charge in [0.05, 0.1) is 6.04 Å². The highest BCUT2D eigenvalue weighted by molar-refractivity contribution is 5.32. The summed E-state index contributed by atoms with van der Waals surface area (Å²) in [5, 5.41) is 4.18. The van der Waals surface area contributed by atoms with Crippen molar-refractivity contribution in [3.05, 3.63) is 47.0 Å². The highest BCUT2D eigenvalue weighted by Gasteiger charge is 2.14. The number of rotatable bonds is 5. The summed E-state index contributed by atoms with van der Waals surface area (Å²) in [6.45, 7) is 7.09. The highest BCUT2D eigenvalue weighted by atomic mass is 15.3. The first-order valence-electron chi connectivity index (χ1n) is 6.55. The topological polar surface area (TPSA) is 68.8 Å². The highest BCUT2D eigenvalue weighted by Crippen LogP contribution is 2.19. The fourth-order valence-corrected chi connectivity index (χ4v) is 2.15. The molecular formula is C14H21N5. The van der Waals surface area contributed by atoms with Gasteiger partial charge >= 0.3 is 0 Å². The number of aromatic nitrogens is 3. The van der Waals surface area contributed by atoms with Crippen LogP contribution in [0.5, 0.6) is 0 Å². The van der Waals surface area contributed by atoms with Crippen LogP contribution in [0.1, 0.15) is 35.5 Å².